The number of aromatic nitrogens is 2. The van der Waals surface area contributed by atoms with Gasteiger partial charge in [-0.1, -0.05) is 25.7 Å². The Labute approximate surface area is 115 Å². The fourth-order valence-corrected chi connectivity index (χ4v) is 4.28. The molecule has 0 amide bonds. The first kappa shape index (κ1) is 12.5. The maximum Gasteiger partial charge on any atom is 0.0804 e. The van der Waals surface area contributed by atoms with Crippen molar-refractivity contribution in [3.63, 3.8) is 0 Å². The average Bonchev–Trinajstić information content (AvgIpc) is 2.84. The van der Waals surface area contributed by atoms with Crippen LogP contribution >= 0.6 is 0 Å². The number of aryl methyl sites for hydroxylation is 2. The van der Waals surface area contributed by atoms with Crippen molar-refractivity contribution in [1.82, 2.24) is 9.97 Å². The summed E-state index contributed by atoms with van der Waals surface area (Å²) >= 11 is 0. The molecule has 0 atom stereocenters. The van der Waals surface area contributed by atoms with E-state index in [1.165, 1.54) is 35.0 Å². The standard InChI is InChI=1S/C16H20N2Si/c1-19(2,3)15-10-12-6-4-8-14(12)18-16(15)13-7-5-9-17-11-13/h5,7,9-11H,4,6,8H2,1-3H3. The van der Waals surface area contributed by atoms with E-state index in [-0.39, 0.29) is 0 Å². The first-order valence-corrected chi connectivity index (χ1v) is 10.5. The molecule has 0 aliphatic heterocycles. The summed E-state index contributed by atoms with van der Waals surface area (Å²) in [5, 5.41) is 1.47. The maximum absolute atomic E-state index is 4.98. The number of rotatable bonds is 2. The summed E-state index contributed by atoms with van der Waals surface area (Å²) in [7, 11) is -1.39. The van der Waals surface area contributed by atoms with E-state index in [4.69, 9.17) is 4.98 Å². The largest absolute Gasteiger partial charge is 0.264 e. The lowest BCUT2D eigenvalue weighted by Gasteiger charge is -2.21. The molecule has 0 spiro atoms. The highest BCUT2D eigenvalue weighted by atomic mass is 28.3. The van der Waals surface area contributed by atoms with Crippen molar-refractivity contribution in [1.29, 1.82) is 0 Å². The van der Waals surface area contributed by atoms with Crippen LogP contribution in [0.25, 0.3) is 11.3 Å². The summed E-state index contributed by atoms with van der Waals surface area (Å²) in [4.78, 5) is 9.24. The Morgan fingerprint density at radius 1 is 1.16 bits per heavy atom. The predicted octanol–water partition coefficient (Wildman–Crippen LogP) is 3.18. The molecule has 0 saturated carbocycles. The van der Waals surface area contributed by atoms with Gasteiger partial charge in [0.1, 0.15) is 0 Å². The van der Waals surface area contributed by atoms with Gasteiger partial charge in [-0.25, -0.2) is 0 Å². The van der Waals surface area contributed by atoms with Crippen LogP contribution in [0.5, 0.6) is 0 Å². The molecule has 1 aliphatic rings. The van der Waals surface area contributed by atoms with E-state index < -0.39 is 8.07 Å². The lowest BCUT2D eigenvalue weighted by Crippen LogP contribution is -2.40. The van der Waals surface area contributed by atoms with Gasteiger partial charge in [-0.3, -0.25) is 9.97 Å². The molecule has 3 heteroatoms. The van der Waals surface area contributed by atoms with Crippen LogP contribution in [-0.2, 0) is 12.8 Å². The van der Waals surface area contributed by atoms with Crippen LogP contribution in [0, 0.1) is 0 Å². The third-order valence-corrected chi connectivity index (χ3v) is 5.79. The number of nitrogens with zero attached hydrogens (tertiary/aromatic N) is 2. The molecule has 0 bridgehead atoms. The quantitative estimate of drug-likeness (QED) is 0.782. The second-order valence-corrected chi connectivity index (χ2v) is 11.4. The molecule has 2 aromatic heterocycles. The Morgan fingerprint density at radius 2 is 2.00 bits per heavy atom. The van der Waals surface area contributed by atoms with Crippen molar-refractivity contribution in [2.75, 3.05) is 0 Å². The Kier molecular flexibility index (Phi) is 3.01. The van der Waals surface area contributed by atoms with E-state index in [0.717, 1.165) is 12.0 Å². The van der Waals surface area contributed by atoms with Gasteiger partial charge in [-0.15, -0.1) is 0 Å². The molecule has 2 heterocycles. The fourth-order valence-electron chi connectivity index (χ4n) is 2.77. The van der Waals surface area contributed by atoms with Crippen molar-refractivity contribution in [2.24, 2.45) is 0 Å². The third kappa shape index (κ3) is 2.35. The lowest BCUT2D eigenvalue weighted by molar-refractivity contribution is 0.900. The molecule has 3 rings (SSSR count). The number of hydrogen-bond acceptors (Lipinski definition) is 2. The minimum Gasteiger partial charge on any atom is -0.264 e. The van der Waals surface area contributed by atoms with Gasteiger partial charge in [0.15, 0.2) is 0 Å². The molecule has 0 radical (unpaired) electrons. The minimum absolute atomic E-state index is 1.13. The van der Waals surface area contributed by atoms with Crippen LogP contribution in [0.3, 0.4) is 0 Å². The molecule has 98 valence electrons. The Hall–Kier alpha value is -1.48. The molecule has 0 N–H and O–H groups in total. The third-order valence-electron chi connectivity index (χ3n) is 3.79. The molecule has 0 saturated heterocycles. The van der Waals surface area contributed by atoms with Gasteiger partial charge in [0, 0.05) is 23.7 Å². The molecule has 2 aromatic rings. The van der Waals surface area contributed by atoms with Crippen LogP contribution in [-0.4, -0.2) is 18.0 Å². The summed E-state index contributed by atoms with van der Waals surface area (Å²) in [5.74, 6) is 0. The number of pyridine rings is 2. The molecular weight excluding hydrogens is 248 g/mol. The minimum atomic E-state index is -1.39. The van der Waals surface area contributed by atoms with Crippen LogP contribution in [0.4, 0.5) is 0 Å². The highest BCUT2D eigenvalue weighted by molar-refractivity contribution is 6.89. The van der Waals surface area contributed by atoms with Crippen LogP contribution < -0.4 is 5.19 Å². The molecule has 2 nitrogen and oxygen atoms in total. The van der Waals surface area contributed by atoms with Gasteiger partial charge in [0.05, 0.1) is 13.8 Å². The zero-order valence-electron chi connectivity index (χ0n) is 11.9. The highest BCUT2D eigenvalue weighted by Gasteiger charge is 2.25. The molecule has 0 unspecified atom stereocenters. The first-order valence-electron chi connectivity index (χ1n) is 6.99. The van der Waals surface area contributed by atoms with Crippen LogP contribution in [0.2, 0.25) is 19.6 Å². The second kappa shape index (κ2) is 4.56. The average molecular weight is 268 g/mol. The van der Waals surface area contributed by atoms with Gasteiger partial charge in [-0.05, 0) is 42.1 Å². The molecule has 1 aliphatic carbocycles. The summed E-state index contributed by atoms with van der Waals surface area (Å²) in [6, 6.07) is 6.56. The highest BCUT2D eigenvalue weighted by Crippen LogP contribution is 2.25. The Morgan fingerprint density at radius 3 is 2.68 bits per heavy atom. The van der Waals surface area contributed by atoms with Crippen molar-refractivity contribution in [3.05, 3.63) is 41.9 Å². The van der Waals surface area contributed by atoms with Crippen molar-refractivity contribution < 1.29 is 0 Å². The zero-order valence-corrected chi connectivity index (χ0v) is 12.9. The molecular formula is C16H20N2Si. The summed E-state index contributed by atoms with van der Waals surface area (Å²) < 4.78 is 0. The van der Waals surface area contributed by atoms with Crippen molar-refractivity contribution in [3.8, 4) is 11.3 Å². The topological polar surface area (TPSA) is 25.8 Å². The smallest absolute Gasteiger partial charge is 0.0804 e. The second-order valence-electron chi connectivity index (χ2n) is 6.34. The summed E-state index contributed by atoms with van der Waals surface area (Å²) in [6.45, 7) is 7.18. The number of hydrogen-bond donors (Lipinski definition) is 0. The SMILES string of the molecule is C[Si](C)(C)c1cc2c(nc1-c1cccnc1)CCC2. The van der Waals surface area contributed by atoms with E-state index in [2.05, 4.69) is 36.8 Å². The monoisotopic (exact) mass is 268 g/mol. The van der Waals surface area contributed by atoms with Crippen LogP contribution in [0.1, 0.15) is 17.7 Å². The fraction of sp³-hybridized carbons (Fsp3) is 0.375. The van der Waals surface area contributed by atoms with Crippen LogP contribution in [0.15, 0.2) is 30.6 Å². The number of fused-ring (bicyclic) bond motifs is 1. The normalized spacial score (nSPS) is 14.5. The van der Waals surface area contributed by atoms with Gasteiger partial charge in [0.2, 0.25) is 0 Å². The van der Waals surface area contributed by atoms with Gasteiger partial charge < -0.3 is 0 Å². The summed E-state index contributed by atoms with van der Waals surface area (Å²) in [5.41, 5.74) is 5.12. The van der Waals surface area contributed by atoms with Gasteiger partial charge in [-0.2, -0.15) is 0 Å². The van der Waals surface area contributed by atoms with E-state index in [1.54, 1.807) is 0 Å². The molecule has 0 fully saturated rings. The van der Waals surface area contributed by atoms with Crippen molar-refractivity contribution >= 4 is 13.3 Å². The Bertz CT molecular complexity index is 600. The van der Waals surface area contributed by atoms with Gasteiger partial charge in [0.25, 0.3) is 0 Å². The summed E-state index contributed by atoms with van der Waals surface area (Å²) in [6.07, 6.45) is 7.35. The van der Waals surface area contributed by atoms with Crippen molar-refractivity contribution in [2.45, 2.75) is 38.9 Å². The van der Waals surface area contributed by atoms with Gasteiger partial charge >= 0.3 is 0 Å². The Balaban J connectivity index is 2.22. The lowest BCUT2D eigenvalue weighted by atomic mass is 10.1. The van der Waals surface area contributed by atoms with E-state index >= 15 is 0 Å². The first-order chi connectivity index (χ1) is 9.05. The molecule has 19 heavy (non-hydrogen) atoms. The van der Waals surface area contributed by atoms with E-state index in [1.807, 2.05) is 18.5 Å². The predicted molar refractivity (Wildman–Crippen MR) is 82.5 cm³/mol. The zero-order chi connectivity index (χ0) is 13.5. The molecule has 0 aromatic carbocycles. The van der Waals surface area contributed by atoms with E-state index in [0.29, 0.717) is 0 Å². The maximum atomic E-state index is 4.98. The van der Waals surface area contributed by atoms with E-state index in [9.17, 15) is 0 Å².